The van der Waals surface area contributed by atoms with Gasteiger partial charge in [0.2, 0.25) is 5.91 Å². The maximum absolute atomic E-state index is 12.6. The third-order valence-electron chi connectivity index (χ3n) is 4.40. The Balaban J connectivity index is 1.85. The van der Waals surface area contributed by atoms with E-state index in [1.807, 2.05) is 30.9 Å². The molecule has 0 fully saturated rings. The molecule has 7 heteroatoms. The van der Waals surface area contributed by atoms with Crippen LogP contribution in [0.15, 0.2) is 51.8 Å². The van der Waals surface area contributed by atoms with E-state index in [0.29, 0.717) is 23.2 Å². The molecule has 138 valence electrons. The second-order valence-electron chi connectivity index (χ2n) is 6.68. The summed E-state index contributed by atoms with van der Waals surface area (Å²) in [6.07, 6.45) is 0.783. The summed E-state index contributed by atoms with van der Waals surface area (Å²) in [6, 6.07) is 12.2. The van der Waals surface area contributed by atoms with Gasteiger partial charge in [0.1, 0.15) is 4.90 Å². The van der Waals surface area contributed by atoms with Crippen molar-refractivity contribution in [2.24, 2.45) is 5.92 Å². The predicted octanol–water partition coefficient (Wildman–Crippen LogP) is 3.79. The molecule has 1 heterocycles. The van der Waals surface area contributed by atoms with Crippen molar-refractivity contribution in [1.29, 1.82) is 0 Å². The Labute approximate surface area is 162 Å². The van der Waals surface area contributed by atoms with Crippen molar-refractivity contribution in [2.75, 3.05) is 11.3 Å². The Morgan fingerprint density at radius 3 is 2.58 bits per heavy atom. The van der Waals surface area contributed by atoms with E-state index in [9.17, 15) is 13.2 Å². The van der Waals surface area contributed by atoms with Crippen LogP contribution in [0.3, 0.4) is 0 Å². The molecule has 1 aliphatic heterocycles. The maximum Gasteiger partial charge on any atom is 0.263 e. The van der Waals surface area contributed by atoms with Gasteiger partial charge in [-0.2, -0.15) is 0 Å². The average molecular weight is 437 g/mol. The van der Waals surface area contributed by atoms with Crippen molar-refractivity contribution in [3.63, 3.8) is 0 Å². The molecule has 0 unspecified atom stereocenters. The smallest absolute Gasteiger partial charge is 0.263 e. The first-order chi connectivity index (χ1) is 12.3. The van der Waals surface area contributed by atoms with E-state index in [2.05, 4.69) is 20.7 Å². The minimum atomic E-state index is -3.69. The Kier molecular flexibility index (Phi) is 5.39. The quantitative estimate of drug-likeness (QED) is 0.792. The summed E-state index contributed by atoms with van der Waals surface area (Å²) in [6.45, 7) is 4.99. The summed E-state index contributed by atoms with van der Waals surface area (Å²) in [5.41, 5.74) is 2.64. The monoisotopic (exact) mass is 436 g/mol. The van der Waals surface area contributed by atoms with E-state index in [1.165, 1.54) is 0 Å². The van der Waals surface area contributed by atoms with Crippen molar-refractivity contribution >= 4 is 37.5 Å². The first kappa shape index (κ1) is 18.9. The molecule has 0 saturated heterocycles. The minimum absolute atomic E-state index is 0.0475. The molecule has 0 aromatic heterocycles. The average Bonchev–Trinajstić information content (AvgIpc) is 2.60. The van der Waals surface area contributed by atoms with Gasteiger partial charge in [-0.25, -0.2) is 8.42 Å². The normalized spacial score (nSPS) is 14.2. The summed E-state index contributed by atoms with van der Waals surface area (Å²) < 4.78 is 28.4. The highest BCUT2D eigenvalue weighted by Gasteiger charge is 2.23. The number of carbonyl (C=O) groups is 1. The van der Waals surface area contributed by atoms with Crippen LogP contribution in [-0.4, -0.2) is 25.8 Å². The lowest BCUT2D eigenvalue weighted by Gasteiger charge is -2.30. The van der Waals surface area contributed by atoms with Gasteiger partial charge in [0.15, 0.2) is 0 Å². The third-order valence-corrected chi connectivity index (χ3v) is 6.80. The van der Waals surface area contributed by atoms with E-state index in [1.54, 1.807) is 30.3 Å². The second kappa shape index (κ2) is 7.40. The lowest BCUT2D eigenvalue weighted by molar-refractivity contribution is -0.135. The molecule has 1 N–H and O–H groups in total. The number of fused-ring (bicyclic) bond motifs is 1. The molecule has 0 aliphatic carbocycles. The van der Waals surface area contributed by atoms with Gasteiger partial charge >= 0.3 is 0 Å². The van der Waals surface area contributed by atoms with E-state index in [-0.39, 0.29) is 16.7 Å². The molecule has 1 aliphatic rings. The van der Waals surface area contributed by atoms with E-state index in [4.69, 9.17) is 0 Å². The van der Waals surface area contributed by atoms with Crippen LogP contribution >= 0.6 is 15.9 Å². The first-order valence-electron chi connectivity index (χ1n) is 8.46. The fourth-order valence-corrected chi connectivity index (χ4v) is 5.10. The molecular weight excluding hydrogens is 416 g/mol. The van der Waals surface area contributed by atoms with Crippen LogP contribution in [0.25, 0.3) is 0 Å². The van der Waals surface area contributed by atoms with Crippen LogP contribution in [0.4, 0.5) is 5.69 Å². The number of amides is 1. The number of rotatable bonds is 4. The van der Waals surface area contributed by atoms with Gasteiger partial charge in [0, 0.05) is 29.2 Å². The number of carbonyl (C=O) groups excluding carboxylic acids is 1. The number of benzene rings is 2. The highest BCUT2D eigenvalue weighted by molar-refractivity contribution is 9.10. The molecule has 2 aromatic carbocycles. The number of nitrogens with one attached hydrogen (secondary N) is 1. The second-order valence-corrected chi connectivity index (χ2v) is 9.19. The Bertz CT molecular complexity index is 942. The van der Waals surface area contributed by atoms with Crippen LogP contribution < -0.4 is 4.72 Å². The number of nitrogens with zero attached hydrogens (tertiary/aromatic N) is 1. The summed E-state index contributed by atoms with van der Waals surface area (Å²) in [4.78, 5) is 14.3. The van der Waals surface area contributed by atoms with Crippen molar-refractivity contribution in [3.05, 3.63) is 58.1 Å². The van der Waals surface area contributed by atoms with Crippen LogP contribution in [0, 0.1) is 5.92 Å². The van der Waals surface area contributed by atoms with Crippen LogP contribution in [0.1, 0.15) is 25.0 Å². The Hall–Kier alpha value is -1.86. The zero-order chi connectivity index (χ0) is 18.9. The zero-order valence-corrected chi connectivity index (χ0v) is 17.1. The summed E-state index contributed by atoms with van der Waals surface area (Å²) >= 11 is 3.28. The standard InChI is InChI=1S/C19H21BrN2O3S/c1-13(2)19(23)22-10-9-14-7-8-16(11-15(14)12-22)21-26(24,25)18-6-4-3-5-17(18)20/h3-8,11,13,21H,9-10,12H2,1-2H3. The van der Waals surface area contributed by atoms with Gasteiger partial charge in [-0.05, 0) is 57.7 Å². The molecule has 0 bridgehead atoms. The number of sulfonamides is 1. The fourth-order valence-electron chi connectivity index (χ4n) is 3.05. The van der Waals surface area contributed by atoms with Gasteiger partial charge in [0.25, 0.3) is 10.0 Å². The van der Waals surface area contributed by atoms with Crippen molar-refractivity contribution in [3.8, 4) is 0 Å². The van der Waals surface area contributed by atoms with Gasteiger partial charge in [-0.1, -0.05) is 32.0 Å². The molecule has 0 saturated carbocycles. The minimum Gasteiger partial charge on any atom is -0.338 e. The third kappa shape index (κ3) is 3.94. The van der Waals surface area contributed by atoms with E-state index >= 15 is 0 Å². The van der Waals surface area contributed by atoms with Gasteiger partial charge < -0.3 is 4.90 Å². The number of anilines is 1. The Morgan fingerprint density at radius 1 is 1.15 bits per heavy atom. The molecule has 3 rings (SSSR count). The molecule has 0 radical (unpaired) electrons. The van der Waals surface area contributed by atoms with Crippen molar-refractivity contribution < 1.29 is 13.2 Å². The zero-order valence-electron chi connectivity index (χ0n) is 14.7. The highest BCUT2D eigenvalue weighted by atomic mass is 79.9. The number of hydrogen-bond acceptors (Lipinski definition) is 3. The van der Waals surface area contributed by atoms with Crippen molar-refractivity contribution in [2.45, 2.75) is 31.7 Å². The van der Waals surface area contributed by atoms with Crippen molar-refractivity contribution in [1.82, 2.24) is 4.90 Å². The van der Waals surface area contributed by atoms with Crippen LogP contribution in [-0.2, 0) is 27.8 Å². The van der Waals surface area contributed by atoms with Crippen LogP contribution in [0.2, 0.25) is 0 Å². The molecule has 26 heavy (non-hydrogen) atoms. The van der Waals surface area contributed by atoms with Crippen LogP contribution in [0.5, 0.6) is 0 Å². The van der Waals surface area contributed by atoms with Gasteiger partial charge in [-0.3, -0.25) is 9.52 Å². The molecule has 5 nitrogen and oxygen atoms in total. The van der Waals surface area contributed by atoms with E-state index in [0.717, 1.165) is 17.5 Å². The lowest BCUT2D eigenvalue weighted by Crippen LogP contribution is -2.38. The molecule has 2 aromatic rings. The lowest BCUT2D eigenvalue weighted by atomic mass is 9.98. The highest BCUT2D eigenvalue weighted by Crippen LogP contribution is 2.27. The van der Waals surface area contributed by atoms with Gasteiger partial charge in [0.05, 0.1) is 0 Å². The summed E-state index contributed by atoms with van der Waals surface area (Å²) in [5, 5.41) is 0. The summed E-state index contributed by atoms with van der Waals surface area (Å²) in [5.74, 6) is 0.0727. The summed E-state index contributed by atoms with van der Waals surface area (Å²) in [7, 11) is -3.69. The molecule has 0 spiro atoms. The number of halogens is 1. The topological polar surface area (TPSA) is 66.5 Å². The number of hydrogen-bond donors (Lipinski definition) is 1. The molecular formula is C19H21BrN2O3S. The molecule has 1 amide bonds. The maximum atomic E-state index is 12.6. The Morgan fingerprint density at radius 2 is 1.88 bits per heavy atom. The first-order valence-corrected chi connectivity index (χ1v) is 10.7. The largest absolute Gasteiger partial charge is 0.338 e. The molecule has 0 atom stereocenters. The SMILES string of the molecule is CC(C)C(=O)N1CCc2ccc(NS(=O)(=O)c3ccccc3Br)cc2C1. The fraction of sp³-hybridized carbons (Fsp3) is 0.316. The van der Waals surface area contributed by atoms with E-state index < -0.39 is 10.0 Å². The predicted molar refractivity (Wildman–Crippen MR) is 105 cm³/mol. The van der Waals surface area contributed by atoms with Gasteiger partial charge in [-0.15, -0.1) is 0 Å².